The fourth-order valence-electron chi connectivity index (χ4n) is 1.81. The predicted octanol–water partition coefficient (Wildman–Crippen LogP) is 3.74. The van der Waals surface area contributed by atoms with Gasteiger partial charge in [0.25, 0.3) is 11.8 Å². The van der Waals surface area contributed by atoms with Crippen LogP contribution in [0.1, 0.15) is 20.7 Å². The zero-order valence-electron chi connectivity index (χ0n) is 11.4. The Morgan fingerprint density at radius 1 is 1.00 bits per heavy atom. The number of amides is 2. The van der Waals surface area contributed by atoms with Gasteiger partial charge in [-0.2, -0.15) is 0 Å². The number of hydrogen-bond acceptors (Lipinski definition) is 2. The molecule has 0 aliphatic rings. The summed E-state index contributed by atoms with van der Waals surface area (Å²) in [6.07, 6.45) is 0. The first-order valence-corrected chi connectivity index (χ1v) is 6.96. The molecule has 7 heteroatoms. The molecule has 0 aliphatic carbocycles. The Bertz CT molecular complexity index is 750. The number of rotatable bonds is 3. The number of halogens is 3. The summed E-state index contributed by atoms with van der Waals surface area (Å²) in [6, 6.07) is 7.91. The van der Waals surface area contributed by atoms with Gasteiger partial charge in [-0.25, -0.2) is 4.39 Å². The molecule has 0 aromatic heterocycles. The van der Waals surface area contributed by atoms with Gasteiger partial charge in [0.2, 0.25) is 0 Å². The Balaban J connectivity index is 2.34. The lowest BCUT2D eigenvalue weighted by Crippen LogP contribution is -2.21. The van der Waals surface area contributed by atoms with Crippen LogP contribution >= 0.6 is 23.2 Å². The molecular formula is C15H11Cl2FN2O2. The monoisotopic (exact) mass is 340 g/mol. The summed E-state index contributed by atoms with van der Waals surface area (Å²) in [6.45, 7) is 0. The van der Waals surface area contributed by atoms with Crippen molar-refractivity contribution >= 4 is 40.7 Å². The van der Waals surface area contributed by atoms with Crippen molar-refractivity contribution in [2.45, 2.75) is 0 Å². The molecule has 2 amide bonds. The number of carbonyl (C=O) groups excluding carboxylic acids is 2. The molecule has 2 aromatic rings. The summed E-state index contributed by atoms with van der Waals surface area (Å²) in [5.41, 5.74) is 0.580. The molecule has 0 aliphatic heterocycles. The van der Waals surface area contributed by atoms with E-state index in [1.165, 1.54) is 31.3 Å². The van der Waals surface area contributed by atoms with Crippen molar-refractivity contribution in [2.75, 3.05) is 12.4 Å². The molecule has 2 N–H and O–H groups in total. The Labute approximate surface area is 136 Å². The summed E-state index contributed by atoms with van der Waals surface area (Å²) in [5, 5.41) is 5.36. The topological polar surface area (TPSA) is 58.2 Å². The zero-order valence-corrected chi connectivity index (χ0v) is 12.9. The lowest BCUT2D eigenvalue weighted by atomic mass is 10.1. The first kappa shape index (κ1) is 16.3. The van der Waals surface area contributed by atoms with Gasteiger partial charge >= 0.3 is 0 Å². The predicted molar refractivity (Wildman–Crippen MR) is 84.2 cm³/mol. The molecule has 0 spiro atoms. The number of carbonyl (C=O) groups is 2. The Morgan fingerprint density at radius 2 is 1.73 bits per heavy atom. The van der Waals surface area contributed by atoms with Crippen LogP contribution < -0.4 is 10.6 Å². The van der Waals surface area contributed by atoms with Gasteiger partial charge in [0.05, 0.1) is 21.8 Å². The van der Waals surface area contributed by atoms with Crippen LogP contribution in [0.3, 0.4) is 0 Å². The van der Waals surface area contributed by atoms with Crippen molar-refractivity contribution < 1.29 is 14.0 Å². The third-order valence-corrected chi connectivity index (χ3v) is 3.43. The Kier molecular flexibility index (Phi) is 5.00. The number of hydrogen-bond donors (Lipinski definition) is 2. The molecule has 0 radical (unpaired) electrons. The highest BCUT2D eigenvalue weighted by atomic mass is 35.5. The maximum absolute atomic E-state index is 13.0. The minimum atomic E-state index is -0.558. The van der Waals surface area contributed by atoms with Gasteiger partial charge in [-0.1, -0.05) is 23.2 Å². The molecule has 22 heavy (non-hydrogen) atoms. The van der Waals surface area contributed by atoms with E-state index in [2.05, 4.69) is 10.6 Å². The molecule has 0 fully saturated rings. The lowest BCUT2D eigenvalue weighted by molar-refractivity contribution is 0.0964. The highest BCUT2D eigenvalue weighted by Gasteiger charge is 2.16. The van der Waals surface area contributed by atoms with Crippen LogP contribution in [0, 0.1) is 5.82 Å². The number of anilines is 1. The first-order chi connectivity index (χ1) is 10.4. The highest BCUT2D eigenvalue weighted by Crippen LogP contribution is 2.23. The van der Waals surface area contributed by atoms with Crippen LogP contribution in [0.25, 0.3) is 0 Å². The van der Waals surface area contributed by atoms with E-state index in [0.717, 1.165) is 12.1 Å². The summed E-state index contributed by atoms with van der Waals surface area (Å²) in [7, 11) is 1.46. The lowest BCUT2D eigenvalue weighted by Gasteiger charge is -2.11. The Hall–Kier alpha value is -2.11. The van der Waals surface area contributed by atoms with E-state index in [1.54, 1.807) is 0 Å². The number of benzene rings is 2. The van der Waals surface area contributed by atoms with Crippen LogP contribution in [-0.4, -0.2) is 18.9 Å². The maximum atomic E-state index is 13.0. The summed E-state index contributed by atoms with van der Waals surface area (Å²) in [5.74, 6) is -1.50. The minimum Gasteiger partial charge on any atom is -0.355 e. The van der Waals surface area contributed by atoms with Crippen molar-refractivity contribution in [1.29, 1.82) is 0 Å². The van der Waals surface area contributed by atoms with Crippen molar-refractivity contribution in [3.63, 3.8) is 0 Å². The fraction of sp³-hybridized carbons (Fsp3) is 0.0667. The third kappa shape index (κ3) is 3.55. The van der Waals surface area contributed by atoms with Gasteiger partial charge in [0, 0.05) is 12.1 Å². The average Bonchev–Trinajstić information content (AvgIpc) is 2.48. The van der Waals surface area contributed by atoms with Gasteiger partial charge in [-0.05, 0) is 36.4 Å². The molecule has 0 saturated carbocycles. The average molecular weight is 341 g/mol. The Morgan fingerprint density at radius 3 is 2.36 bits per heavy atom. The number of nitrogens with one attached hydrogen (secondary N) is 2. The van der Waals surface area contributed by atoms with E-state index in [-0.39, 0.29) is 21.8 Å². The van der Waals surface area contributed by atoms with E-state index in [0.29, 0.717) is 5.02 Å². The largest absolute Gasteiger partial charge is 0.355 e. The second-order valence-electron chi connectivity index (χ2n) is 4.35. The molecule has 0 atom stereocenters. The smallest absolute Gasteiger partial charge is 0.257 e. The van der Waals surface area contributed by atoms with Crippen molar-refractivity contribution in [2.24, 2.45) is 0 Å². The standard InChI is InChI=1S/C15H11Cl2FN2O2/c1-19-14(21)11-6-8(16)2-5-13(11)20-15(22)10-4-3-9(18)7-12(10)17/h2-7H,1H3,(H,19,21)(H,20,22). The molecule has 2 rings (SSSR count). The quantitative estimate of drug-likeness (QED) is 0.893. The normalized spacial score (nSPS) is 10.2. The second kappa shape index (κ2) is 6.77. The molecule has 0 heterocycles. The van der Waals surface area contributed by atoms with Crippen LogP contribution in [-0.2, 0) is 0 Å². The van der Waals surface area contributed by atoms with Gasteiger partial charge in [-0.15, -0.1) is 0 Å². The van der Waals surface area contributed by atoms with Crippen molar-refractivity contribution in [3.05, 3.63) is 63.4 Å². The fourth-order valence-corrected chi connectivity index (χ4v) is 2.24. The molecule has 114 valence electrons. The van der Waals surface area contributed by atoms with Crippen molar-refractivity contribution in [3.8, 4) is 0 Å². The maximum Gasteiger partial charge on any atom is 0.257 e. The summed E-state index contributed by atoms with van der Waals surface area (Å²) >= 11 is 11.7. The van der Waals surface area contributed by atoms with Gasteiger partial charge in [0.15, 0.2) is 0 Å². The minimum absolute atomic E-state index is 0.0204. The molecule has 4 nitrogen and oxygen atoms in total. The van der Waals surface area contributed by atoms with Crippen LogP contribution in [0.5, 0.6) is 0 Å². The van der Waals surface area contributed by atoms with E-state index in [9.17, 15) is 14.0 Å². The van der Waals surface area contributed by atoms with Gasteiger partial charge in [-0.3, -0.25) is 9.59 Å². The van der Waals surface area contributed by atoms with Crippen molar-refractivity contribution in [1.82, 2.24) is 5.32 Å². The molecular weight excluding hydrogens is 330 g/mol. The molecule has 0 unspecified atom stereocenters. The van der Waals surface area contributed by atoms with E-state index < -0.39 is 17.6 Å². The van der Waals surface area contributed by atoms with E-state index in [4.69, 9.17) is 23.2 Å². The van der Waals surface area contributed by atoms with Crippen LogP contribution in [0.2, 0.25) is 10.0 Å². The third-order valence-electron chi connectivity index (χ3n) is 2.88. The SMILES string of the molecule is CNC(=O)c1cc(Cl)ccc1NC(=O)c1ccc(F)cc1Cl. The van der Waals surface area contributed by atoms with Crippen LogP contribution in [0.4, 0.5) is 10.1 Å². The van der Waals surface area contributed by atoms with Gasteiger partial charge in [0.1, 0.15) is 5.82 Å². The highest BCUT2D eigenvalue weighted by molar-refractivity contribution is 6.34. The molecule has 0 bridgehead atoms. The summed E-state index contributed by atoms with van der Waals surface area (Å²) in [4.78, 5) is 24.0. The first-order valence-electron chi connectivity index (χ1n) is 6.20. The zero-order chi connectivity index (χ0) is 16.3. The second-order valence-corrected chi connectivity index (χ2v) is 5.19. The molecule has 0 saturated heterocycles. The summed E-state index contributed by atoms with van der Waals surface area (Å²) < 4.78 is 13.0. The van der Waals surface area contributed by atoms with E-state index in [1.807, 2.05) is 0 Å². The molecule has 2 aromatic carbocycles. The van der Waals surface area contributed by atoms with Crippen LogP contribution in [0.15, 0.2) is 36.4 Å². The van der Waals surface area contributed by atoms with E-state index >= 15 is 0 Å². The van der Waals surface area contributed by atoms with Gasteiger partial charge < -0.3 is 10.6 Å².